The van der Waals surface area contributed by atoms with Gasteiger partial charge in [0.05, 0.1) is 11.3 Å². The van der Waals surface area contributed by atoms with Gasteiger partial charge in [-0.1, -0.05) is 12.1 Å². The first-order valence-corrected chi connectivity index (χ1v) is 8.84. The first kappa shape index (κ1) is 19.6. The van der Waals surface area contributed by atoms with E-state index in [4.69, 9.17) is 4.74 Å². The summed E-state index contributed by atoms with van der Waals surface area (Å²) in [5.41, 5.74) is 1.28. The van der Waals surface area contributed by atoms with Crippen molar-refractivity contribution in [1.29, 1.82) is 0 Å². The molecule has 148 valence electrons. The van der Waals surface area contributed by atoms with Crippen molar-refractivity contribution in [3.63, 3.8) is 0 Å². The third kappa shape index (κ3) is 5.42. The van der Waals surface area contributed by atoms with Gasteiger partial charge in [-0.05, 0) is 56.2 Å². The van der Waals surface area contributed by atoms with Crippen molar-refractivity contribution >= 4 is 23.3 Å². The highest BCUT2D eigenvalue weighted by atomic mass is 19.3. The normalized spacial score (nSPS) is 14.3. The quantitative estimate of drug-likeness (QED) is 0.670. The molecule has 0 unspecified atom stereocenters. The molecule has 6 nitrogen and oxygen atoms in total. The minimum atomic E-state index is -2.89. The molecule has 2 aromatic carbocycles. The Labute approximate surface area is 160 Å². The molecule has 1 atom stereocenters. The smallest absolute Gasteiger partial charge is 0.387 e. The fourth-order valence-electron chi connectivity index (χ4n) is 2.47. The Morgan fingerprint density at radius 3 is 2.39 bits per heavy atom. The monoisotopic (exact) mass is 390 g/mol. The molecule has 3 rings (SSSR count). The van der Waals surface area contributed by atoms with Crippen LogP contribution in [0.3, 0.4) is 0 Å². The summed E-state index contributed by atoms with van der Waals surface area (Å²) in [6, 6.07) is 12.7. The van der Waals surface area contributed by atoms with Gasteiger partial charge in [-0.2, -0.15) is 8.78 Å². The summed E-state index contributed by atoms with van der Waals surface area (Å²) in [5, 5.41) is 5.82. The summed E-state index contributed by atoms with van der Waals surface area (Å²) in [4.78, 5) is 24.5. The summed E-state index contributed by atoms with van der Waals surface area (Å²) in [6.45, 7) is -1.37. The van der Waals surface area contributed by atoms with Crippen LogP contribution in [-0.2, 0) is 9.53 Å². The van der Waals surface area contributed by atoms with E-state index in [2.05, 4.69) is 15.4 Å². The van der Waals surface area contributed by atoms with E-state index in [9.17, 15) is 18.4 Å². The number of carbonyl (C=O) groups is 2. The Balaban J connectivity index is 1.66. The Bertz CT molecular complexity index is 838. The van der Waals surface area contributed by atoms with Crippen LogP contribution >= 0.6 is 0 Å². The molecule has 0 heterocycles. The number of para-hydroxylation sites is 1. The predicted molar refractivity (Wildman–Crippen MR) is 98.8 cm³/mol. The zero-order valence-electron chi connectivity index (χ0n) is 15.2. The molecular formula is C20H20F2N2O4. The van der Waals surface area contributed by atoms with Crippen LogP contribution in [0.5, 0.6) is 5.75 Å². The number of carbonyl (C=O) groups excluding carboxylic acids is 2. The van der Waals surface area contributed by atoms with E-state index in [0.29, 0.717) is 11.4 Å². The van der Waals surface area contributed by atoms with Crippen LogP contribution in [0.4, 0.5) is 20.2 Å². The number of hydrogen-bond donors (Lipinski definition) is 2. The predicted octanol–water partition coefficient (Wildman–Crippen LogP) is 3.86. The van der Waals surface area contributed by atoms with Gasteiger partial charge in [-0.15, -0.1) is 0 Å². The fraction of sp³-hybridized carbons (Fsp3) is 0.300. The first-order chi connectivity index (χ1) is 13.4. The second-order valence-corrected chi connectivity index (χ2v) is 6.40. The van der Waals surface area contributed by atoms with Gasteiger partial charge in [-0.25, -0.2) is 4.79 Å². The summed E-state index contributed by atoms with van der Waals surface area (Å²) in [7, 11) is 0. The molecule has 8 heteroatoms. The number of ether oxygens (including phenoxy) is 2. The largest absolute Gasteiger partial charge is 0.449 e. The summed E-state index contributed by atoms with van der Waals surface area (Å²) >= 11 is 0. The lowest BCUT2D eigenvalue weighted by atomic mass is 10.1. The molecule has 1 fully saturated rings. The van der Waals surface area contributed by atoms with Gasteiger partial charge in [-0.3, -0.25) is 4.79 Å². The summed E-state index contributed by atoms with van der Waals surface area (Å²) < 4.78 is 34.0. The van der Waals surface area contributed by atoms with E-state index in [1.54, 1.807) is 36.4 Å². The lowest BCUT2D eigenvalue weighted by molar-refractivity contribution is -0.129. The van der Waals surface area contributed by atoms with E-state index < -0.39 is 18.7 Å². The maximum absolute atomic E-state index is 12.5. The average Bonchev–Trinajstić information content (AvgIpc) is 3.47. The number of rotatable bonds is 8. The number of halogens is 2. The molecule has 2 aromatic rings. The van der Waals surface area contributed by atoms with Crippen LogP contribution in [0.15, 0.2) is 48.5 Å². The highest BCUT2D eigenvalue weighted by Gasteiger charge is 2.27. The maximum atomic E-state index is 12.5. The zero-order valence-corrected chi connectivity index (χ0v) is 15.2. The Hall–Kier alpha value is -3.16. The first-order valence-electron chi connectivity index (χ1n) is 8.84. The number of esters is 1. The zero-order chi connectivity index (χ0) is 20.1. The fourth-order valence-corrected chi connectivity index (χ4v) is 2.47. The molecular weight excluding hydrogens is 370 g/mol. The molecule has 1 amide bonds. The van der Waals surface area contributed by atoms with Crippen molar-refractivity contribution in [2.24, 2.45) is 0 Å². The van der Waals surface area contributed by atoms with E-state index in [1.165, 1.54) is 19.1 Å². The van der Waals surface area contributed by atoms with Crippen LogP contribution in [-0.4, -0.2) is 30.6 Å². The minimum absolute atomic E-state index is 0.0312. The molecule has 0 radical (unpaired) electrons. The maximum Gasteiger partial charge on any atom is 0.387 e. The lowest BCUT2D eigenvalue weighted by Gasteiger charge is -2.16. The molecule has 0 bridgehead atoms. The molecule has 1 aliphatic carbocycles. The van der Waals surface area contributed by atoms with Gasteiger partial charge < -0.3 is 20.1 Å². The van der Waals surface area contributed by atoms with Crippen molar-refractivity contribution in [2.75, 3.05) is 5.32 Å². The van der Waals surface area contributed by atoms with Crippen molar-refractivity contribution in [3.05, 3.63) is 54.1 Å². The molecule has 0 spiro atoms. The lowest BCUT2D eigenvalue weighted by Crippen LogP contribution is -2.37. The van der Waals surface area contributed by atoms with Crippen molar-refractivity contribution in [3.8, 4) is 5.75 Å². The topological polar surface area (TPSA) is 76.7 Å². The molecule has 0 aromatic heterocycles. The van der Waals surface area contributed by atoms with Crippen LogP contribution < -0.4 is 15.4 Å². The number of anilines is 2. The second kappa shape index (κ2) is 8.69. The van der Waals surface area contributed by atoms with Gasteiger partial charge >= 0.3 is 12.6 Å². The van der Waals surface area contributed by atoms with Gasteiger partial charge in [0, 0.05) is 11.7 Å². The SMILES string of the molecule is C[C@H](OC(=O)c1ccccc1Nc1ccc(OC(F)F)cc1)C(=O)NC1CC1. The molecule has 28 heavy (non-hydrogen) atoms. The van der Waals surface area contributed by atoms with Crippen LogP contribution in [0.2, 0.25) is 0 Å². The number of benzene rings is 2. The summed E-state index contributed by atoms with van der Waals surface area (Å²) in [6.07, 6.45) is 0.979. The minimum Gasteiger partial charge on any atom is -0.449 e. The van der Waals surface area contributed by atoms with E-state index in [0.717, 1.165) is 12.8 Å². The van der Waals surface area contributed by atoms with Gasteiger partial charge in [0.1, 0.15) is 5.75 Å². The molecule has 0 saturated heterocycles. The third-order valence-corrected chi connectivity index (χ3v) is 4.08. The molecule has 1 aliphatic rings. The average molecular weight is 390 g/mol. The Morgan fingerprint density at radius 2 is 1.75 bits per heavy atom. The van der Waals surface area contributed by atoms with E-state index in [1.807, 2.05) is 0 Å². The molecule has 1 saturated carbocycles. The van der Waals surface area contributed by atoms with Crippen LogP contribution in [0.1, 0.15) is 30.1 Å². The number of amides is 1. The van der Waals surface area contributed by atoms with Crippen molar-refractivity contribution in [2.45, 2.75) is 38.5 Å². The standard InChI is InChI=1S/C20H20F2N2O4/c1-12(18(25)24-14-6-7-14)27-19(26)16-4-2-3-5-17(16)23-13-8-10-15(11-9-13)28-20(21)22/h2-5,8-12,14,20,23H,6-7H2,1H3,(H,24,25)/t12-/m0/s1. The highest BCUT2D eigenvalue weighted by Crippen LogP contribution is 2.25. The van der Waals surface area contributed by atoms with E-state index in [-0.39, 0.29) is 23.3 Å². The Morgan fingerprint density at radius 1 is 1.07 bits per heavy atom. The van der Waals surface area contributed by atoms with Crippen LogP contribution in [0, 0.1) is 0 Å². The Kier molecular flexibility index (Phi) is 6.08. The number of hydrogen-bond acceptors (Lipinski definition) is 5. The highest BCUT2D eigenvalue weighted by molar-refractivity contribution is 5.98. The third-order valence-electron chi connectivity index (χ3n) is 4.08. The van der Waals surface area contributed by atoms with Crippen molar-refractivity contribution in [1.82, 2.24) is 5.32 Å². The summed E-state index contributed by atoms with van der Waals surface area (Å²) in [5.74, 6) is -0.932. The van der Waals surface area contributed by atoms with Gasteiger partial charge in [0.25, 0.3) is 5.91 Å². The van der Waals surface area contributed by atoms with Crippen molar-refractivity contribution < 1.29 is 27.8 Å². The number of alkyl halides is 2. The van der Waals surface area contributed by atoms with Gasteiger partial charge in [0.2, 0.25) is 0 Å². The number of nitrogens with one attached hydrogen (secondary N) is 2. The van der Waals surface area contributed by atoms with Crippen LogP contribution in [0.25, 0.3) is 0 Å². The van der Waals surface area contributed by atoms with E-state index >= 15 is 0 Å². The van der Waals surface area contributed by atoms with Gasteiger partial charge in [0.15, 0.2) is 6.10 Å². The second-order valence-electron chi connectivity index (χ2n) is 6.40. The molecule has 2 N–H and O–H groups in total. The molecule has 0 aliphatic heterocycles.